The molecule has 0 spiro atoms. The fourth-order valence-corrected chi connectivity index (χ4v) is 2.35. The third-order valence-corrected chi connectivity index (χ3v) is 3.68. The van der Waals surface area contributed by atoms with Crippen LogP contribution in [0.2, 0.25) is 5.02 Å². The van der Waals surface area contributed by atoms with Gasteiger partial charge in [-0.15, -0.1) is 0 Å². The summed E-state index contributed by atoms with van der Waals surface area (Å²) in [7, 11) is 0. The molecule has 1 unspecified atom stereocenters. The lowest BCUT2D eigenvalue weighted by atomic mass is 9.97. The van der Waals surface area contributed by atoms with E-state index >= 15 is 0 Å². The third-order valence-electron chi connectivity index (χ3n) is 3.33. The van der Waals surface area contributed by atoms with E-state index in [1.54, 1.807) is 0 Å². The summed E-state index contributed by atoms with van der Waals surface area (Å²) in [5.41, 5.74) is 11.1. The predicted molar refractivity (Wildman–Crippen MR) is 78.0 cm³/mol. The number of hydrogen-bond donors (Lipinski definition) is 1. The molecule has 0 fully saturated rings. The molecule has 0 amide bonds. The number of hydrogen-bond acceptors (Lipinski definition) is 1. The SMILES string of the molecule is Cc1ccc(CC(N)c2ccccc2Cl)cc1C. The zero-order chi connectivity index (χ0) is 13.1. The Hall–Kier alpha value is -1.31. The van der Waals surface area contributed by atoms with Crippen molar-refractivity contribution in [3.05, 3.63) is 69.7 Å². The maximum Gasteiger partial charge on any atom is 0.0453 e. The summed E-state index contributed by atoms with van der Waals surface area (Å²) in [6, 6.07) is 14.2. The van der Waals surface area contributed by atoms with Gasteiger partial charge in [-0.05, 0) is 48.6 Å². The monoisotopic (exact) mass is 259 g/mol. The highest BCUT2D eigenvalue weighted by Gasteiger charge is 2.10. The zero-order valence-corrected chi connectivity index (χ0v) is 11.5. The van der Waals surface area contributed by atoms with Crippen molar-refractivity contribution in [1.29, 1.82) is 0 Å². The molecule has 0 bridgehead atoms. The minimum atomic E-state index is -0.0548. The summed E-state index contributed by atoms with van der Waals surface area (Å²) < 4.78 is 0. The second-order valence-electron chi connectivity index (χ2n) is 4.75. The van der Waals surface area contributed by atoms with Crippen LogP contribution in [0.5, 0.6) is 0 Å². The van der Waals surface area contributed by atoms with Crippen molar-refractivity contribution in [2.75, 3.05) is 0 Å². The van der Waals surface area contributed by atoms with Gasteiger partial charge in [-0.2, -0.15) is 0 Å². The summed E-state index contributed by atoms with van der Waals surface area (Å²) in [5.74, 6) is 0. The first kappa shape index (κ1) is 13.1. The highest BCUT2D eigenvalue weighted by molar-refractivity contribution is 6.31. The van der Waals surface area contributed by atoms with Crippen molar-refractivity contribution in [3.8, 4) is 0 Å². The molecule has 0 aliphatic rings. The Kier molecular flexibility index (Phi) is 4.05. The molecule has 94 valence electrons. The van der Waals surface area contributed by atoms with E-state index < -0.39 is 0 Å². The molecule has 0 heterocycles. The maximum atomic E-state index is 6.23. The Morgan fingerprint density at radius 3 is 2.44 bits per heavy atom. The van der Waals surface area contributed by atoms with E-state index in [1.807, 2.05) is 24.3 Å². The van der Waals surface area contributed by atoms with Crippen LogP contribution in [0.15, 0.2) is 42.5 Å². The molecule has 0 saturated heterocycles. The van der Waals surface area contributed by atoms with Crippen LogP contribution >= 0.6 is 11.6 Å². The molecule has 18 heavy (non-hydrogen) atoms. The largest absolute Gasteiger partial charge is 0.324 e. The molecule has 0 radical (unpaired) electrons. The average molecular weight is 260 g/mol. The molecule has 2 rings (SSSR count). The minimum Gasteiger partial charge on any atom is -0.324 e. The number of benzene rings is 2. The van der Waals surface area contributed by atoms with Crippen molar-refractivity contribution >= 4 is 11.6 Å². The van der Waals surface area contributed by atoms with E-state index in [-0.39, 0.29) is 6.04 Å². The van der Waals surface area contributed by atoms with Crippen LogP contribution in [0.1, 0.15) is 28.3 Å². The van der Waals surface area contributed by atoms with Gasteiger partial charge in [0.1, 0.15) is 0 Å². The zero-order valence-electron chi connectivity index (χ0n) is 10.8. The van der Waals surface area contributed by atoms with Crippen LogP contribution in [0.25, 0.3) is 0 Å². The van der Waals surface area contributed by atoms with E-state index in [0.29, 0.717) is 0 Å². The van der Waals surface area contributed by atoms with Crippen molar-refractivity contribution < 1.29 is 0 Å². The van der Waals surface area contributed by atoms with Crippen molar-refractivity contribution in [2.24, 2.45) is 5.73 Å². The van der Waals surface area contributed by atoms with Gasteiger partial charge in [0.2, 0.25) is 0 Å². The van der Waals surface area contributed by atoms with Crippen LogP contribution < -0.4 is 5.73 Å². The van der Waals surface area contributed by atoms with Crippen LogP contribution in [0, 0.1) is 13.8 Å². The van der Waals surface area contributed by atoms with Gasteiger partial charge in [-0.25, -0.2) is 0 Å². The Morgan fingerprint density at radius 2 is 1.78 bits per heavy atom. The molecule has 2 heteroatoms. The third kappa shape index (κ3) is 2.92. The fraction of sp³-hybridized carbons (Fsp3) is 0.250. The average Bonchev–Trinajstić information content (AvgIpc) is 2.34. The molecular weight excluding hydrogens is 242 g/mol. The molecule has 0 aliphatic heterocycles. The lowest BCUT2D eigenvalue weighted by Crippen LogP contribution is -2.13. The highest BCUT2D eigenvalue weighted by Crippen LogP contribution is 2.24. The first-order valence-electron chi connectivity index (χ1n) is 6.14. The number of rotatable bonds is 3. The van der Waals surface area contributed by atoms with Gasteiger partial charge in [0, 0.05) is 11.1 Å². The van der Waals surface area contributed by atoms with E-state index in [2.05, 4.69) is 32.0 Å². The molecule has 2 aromatic carbocycles. The molecular formula is C16H18ClN. The fourth-order valence-electron chi connectivity index (χ4n) is 2.07. The number of halogens is 1. The predicted octanol–water partition coefficient (Wildman–Crippen LogP) is 4.20. The molecule has 0 saturated carbocycles. The van der Waals surface area contributed by atoms with E-state index in [4.69, 9.17) is 17.3 Å². The van der Waals surface area contributed by atoms with Gasteiger partial charge in [-0.1, -0.05) is 48.0 Å². The maximum absolute atomic E-state index is 6.23. The van der Waals surface area contributed by atoms with Gasteiger partial charge in [-0.3, -0.25) is 0 Å². The number of aryl methyl sites for hydroxylation is 2. The molecule has 1 nitrogen and oxygen atoms in total. The van der Waals surface area contributed by atoms with Crippen LogP contribution in [-0.2, 0) is 6.42 Å². The molecule has 0 aromatic heterocycles. The van der Waals surface area contributed by atoms with Gasteiger partial charge < -0.3 is 5.73 Å². The van der Waals surface area contributed by atoms with Gasteiger partial charge >= 0.3 is 0 Å². The minimum absolute atomic E-state index is 0.0548. The van der Waals surface area contributed by atoms with Crippen molar-refractivity contribution in [2.45, 2.75) is 26.3 Å². The highest BCUT2D eigenvalue weighted by atomic mass is 35.5. The summed E-state index contributed by atoms with van der Waals surface area (Å²) in [4.78, 5) is 0. The summed E-state index contributed by atoms with van der Waals surface area (Å²) in [5, 5.41) is 0.744. The molecule has 0 aliphatic carbocycles. The van der Waals surface area contributed by atoms with Crippen LogP contribution in [-0.4, -0.2) is 0 Å². The van der Waals surface area contributed by atoms with Crippen LogP contribution in [0.4, 0.5) is 0 Å². The molecule has 2 aromatic rings. The molecule has 2 N–H and O–H groups in total. The first-order chi connectivity index (χ1) is 8.58. The second kappa shape index (κ2) is 5.55. The Bertz CT molecular complexity index is 549. The van der Waals surface area contributed by atoms with E-state index in [0.717, 1.165) is 17.0 Å². The Labute approximate surface area is 114 Å². The lowest BCUT2D eigenvalue weighted by molar-refractivity contribution is 0.721. The van der Waals surface area contributed by atoms with Gasteiger partial charge in [0.05, 0.1) is 0 Å². The van der Waals surface area contributed by atoms with E-state index in [9.17, 15) is 0 Å². The second-order valence-corrected chi connectivity index (χ2v) is 5.16. The standard InChI is InChI=1S/C16H18ClN/c1-11-7-8-13(9-12(11)2)10-16(18)14-5-3-4-6-15(14)17/h3-9,16H,10,18H2,1-2H3. The topological polar surface area (TPSA) is 26.0 Å². The van der Waals surface area contributed by atoms with Crippen molar-refractivity contribution in [1.82, 2.24) is 0 Å². The summed E-state index contributed by atoms with van der Waals surface area (Å²) in [6.45, 7) is 4.24. The normalized spacial score (nSPS) is 12.4. The first-order valence-corrected chi connectivity index (χ1v) is 6.52. The molecule has 1 atom stereocenters. The van der Waals surface area contributed by atoms with E-state index in [1.165, 1.54) is 16.7 Å². The number of nitrogens with two attached hydrogens (primary N) is 1. The lowest BCUT2D eigenvalue weighted by Gasteiger charge is -2.14. The van der Waals surface area contributed by atoms with Gasteiger partial charge in [0.25, 0.3) is 0 Å². The summed E-state index contributed by atoms with van der Waals surface area (Å²) in [6.07, 6.45) is 0.810. The Morgan fingerprint density at radius 1 is 1.06 bits per heavy atom. The van der Waals surface area contributed by atoms with Gasteiger partial charge in [0.15, 0.2) is 0 Å². The Balaban J connectivity index is 2.19. The van der Waals surface area contributed by atoms with Crippen molar-refractivity contribution in [3.63, 3.8) is 0 Å². The summed E-state index contributed by atoms with van der Waals surface area (Å²) >= 11 is 6.16. The smallest absolute Gasteiger partial charge is 0.0453 e. The quantitative estimate of drug-likeness (QED) is 0.878. The van der Waals surface area contributed by atoms with Crippen LogP contribution in [0.3, 0.4) is 0 Å².